The highest BCUT2D eigenvalue weighted by Gasteiger charge is 2.11. The lowest BCUT2D eigenvalue weighted by Crippen LogP contribution is -2.17. The summed E-state index contributed by atoms with van der Waals surface area (Å²) >= 11 is 0. The van der Waals surface area contributed by atoms with Crippen molar-refractivity contribution in [3.8, 4) is 0 Å². The van der Waals surface area contributed by atoms with E-state index in [-0.39, 0.29) is 0 Å². The Bertz CT molecular complexity index is 230. The largest absolute Gasteiger partial charge is 0.347 e. The fraction of sp³-hybridized carbons (Fsp3) is 0.286. The van der Waals surface area contributed by atoms with E-state index in [1.54, 1.807) is 0 Å². The molecule has 2 N–H and O–H groups in total. The van der Waals surface area contributed by atoms with Crippen LogP contribution in [-0.2, 0) is 4.74 Å². The van der Waals surface area contributed by atoms with E-state index in [9.17, 15) is 8.78 Å². The van der Waals surface area contributed by atoms with Crippen LogP contribution in [0.2, 0.25) is 0 Å². The van der Waals surface area contributed by atoms with Crippen molar-refractivity contribution < 1.29 is 13.5 Å². The van der Waals surface area contributed by atoms with Crippen LogP contribution in [0, 0.1) is 0 Å². The molecule has 0 aromatic carbocycles. The Morgan fingerprint density at radius 2 is 1.92 bits per heavy atom. The van der Waals surface area contributed by atoms with Crippen LogP contribution < -0.4 is 5.73 Å². The Hall–Kier alpha value is -1.07. The quantitative estimate of drug-likeness (QED) is 0.702. The van der Waals surface area contributed by atoms with Gasteiger partial charge in [-0.2, -0.15) is 8.78 Å². The van der Waals surface area contributed by atoms with Gasteiger partial charge in [-0.05, 0) is 17.7 Å². The number of halogens is 2. The molecule has 1 heterocycles. The third-order valence-corrected chi connectivity index (χ3v) is 1.28. The second-order valence-electron chi connectivity index (χ2n) is 2.10. The molecule has 1 rings (SSSR count). The summed E-state index contributed by atoms with van der Waals surface area (Å²) in [6.07, 6.45) is 1.83. The molecule has 0 aliphatic heterocycles. The van der Waals surface area contributed by atoms with E-state index in [1.165, 1.54) is 24.5 Å². The van der Waals surface area contributed by atoms with Gasteiger partial charge in [-0.3, -0.25) is 4.98 Å². The van der Waals surface area contributed by atoms with Crippen LogP contribution in [-0.4, -0.2) is 11.6 Å². The molecule has 1 aromatic heterocycles. The number of nitrogens with zero attached hydrogens (tertiary/aromatic N) is 1. The van der Waals surface area contributed by atoms with Gasteiger partial charge in [0.05, 0.1) is 0 Å². The van der Waals surface area contributed by atoms with Crippen LogP contribution in [0.25, 0.3) is 0 Å². The molecule has 5 heteroatoms. The maximum absolute atomic E-state index is 11.7. The fourth-order valence-corrected chi connectivity index (χ4v) is 0.743. The Kier molecular flexibility index (Phi) is 3.07. The first-order valence-corrected chi connectivity index (χ1v) is 3.29. The first-order chi connectivity index (χ1) is 5.70. The minimum absolute atomic E-state index is 0.477. The van der Waals surface area contributed by atoms with Crippen molar-refractivity contribution in [2.24, 2.45) is 5.73 Å². The molecule has 1 atom stereocenters. The third kappa shape index (κ3) is 2.52. The number of aromatic nitrogens is 1. The lowest BCUT2D eigenvalue weighted by molar-refractivity contribution is -0.163. The zero-order valence-corrected chi connectivity index (χ0v) is 6.15. The van der Waals surface area contributed by atoms with Gasteiger partial charge in [0.2, 0.25) is 0 Å². The van der Waals surface area contributed by atoms with Gasteiger partial charge in [-0.25, -0.2) is 0 Å². The highest BCUT2D eigenvalue weighted by atomic mass is 19.3. The molecular formula is C7H8F2N2O. The van der Waals surface area contributed by atoms with Crippen molar-refractivity contribution >= 4 is 0 Å². The predicted octanol–water partition coefficient (Wildman–Crippen LogP) is 1.28. The predicted molar refractivity (Wildman–Crippen MR) is 38.3 cm³/mol. The normalized spacial score (nSPS) is 13.3. The van der Waals surface area contributed by atoms with Crippen LogP contribution in [0.4, 0.5) is 8.78 Å². The SMILES string of the molecule is NC(OC(F)F)c1ccncc1. The number of nitrogens with two attached hydrogens (primary N) is 1. The highest BCUT2D eigenvalue weighted by Crippen LogP contribution is 2.13. The molecule has 0 aliphatic carbocycles. The van der Waals surface area contributed by atoms with E-state index in [0.29, 0.717) is 5.56 Å². The van der Waals surface area contributed by atoms with Crippen LogP contribution >= 0.6 is 0 Å². The van der Waals surface area contributed by atoms with Crippen molar-refractivity contribution in [3.63, 3.8) is 0 Å². The summed E-state index contributed by atoms with van der Waals surface area (Å²) in [7, 11) is 0. The molecule has 66 valence electrons. The highest BCUT2D eigenvalue weighted by molar-refractivity contribution is 5.11. The number of hydrogen-bond acceptors (Lipinski definition) is 3. The maximum atomic E-state index is 11.7. The number of pyridine rings is 1. The molecule has 1 unspecified atom stereocenters. The van der Waals surface area contributed by atoms with Crippen LogP contribution in [0.15, 0.2) is 24.5 Å². The van der Waals surface area contributed by atoms with Gasteiger partial charge in [0.1, 0.15) is 6.23 Å². The summed E-state index contributed by atoms with van der Waals surface area (Å²) < 4.78 is 27.4. The molecule has 3 nitrogen and oxygen atoms in total. The van der Waals surface area contributed by atoms with E-state index >= 15 is 0 Å². The molecule has 0 aliphatic rings. The summed E-state index contributed by atoms with van der Waals surface area (Å²) in [4.78, 5) is 3.71. The second kappa shape index (κ2) is 4.08. The van der Waals surface area contributed by atoms with Gasteiger partial charge in [-0.15, -0.1) is 0 Å². The van der Waals surface area contributed by atoms with E-state index in [0.717, 1.165) is 0 Å². The summed E-state index contributed by atoms with van der Waals surface area (Å²) in [5.74, 6) is 0. The van der Waals surface area contributed by atoms with Crippen molar-refractivity contribution in [2.75, 3.05) is 0 Å². The Morgan fingerprint density at radius 1 is 1.33 bits per heavy atom. The molecular weight excluding hydrogens is 166 g/mol. The maximum Gasteiger partial charge on any atom is 0.347 e. The molecule has 0 amide bonds. The van der Waals surface area contributed by atoms with Gasteiger partial charge in [0, 0.05) is 12.4 Å². The van der Waals surface area contributed by atoms with Crippen LogP contribution in [0.3, 0.4) is 0 Å². The topological polar surface area (TPSA) is 48.1 Å². The van der Waals surface area contributed by atoms with Gasteiger partial charge in [-0.1, -0.05) is 0 Å². The molecule has 1 aromatic rings. The van der Waals surface area contributed by atoms with E-state index in [2.05, 4.69) is 9.72 Å². The van der Waals surface area contributed by atoms with Gasteiger partial charge < -0.3 is 10.5 Å². The summed E-state index contributed by atoms with van der Waals surface area (Å²) in [6.45, 7) is -2.85. The fourth-order valence-electron chi connectivity index (χ4n) is 0.743. The minimum atomic E-state index is -2.85. The molecule has 0 spiro atoms. The lowest BCUT2D eigenvalue weighted by Gasteiger charge is -2.11. The van der Waals surface area contributed by atoms with Crippen LogP contribution in [0.1, 0.15) is 11.8 Å². The van der Waals surface area contributed by atoms with E-state index < -0.39 is 12.8 Å². The zero-order valence-electron chi connectivity index (χ0n) is 6.15. The third-order valence-electron chi connectivity index (χ3n) is 1.28. The number of alkyl halides is 2. The first-order valence-electron chi connectivity index (χ1n) is 3.29. The molecule has 0 bridgehead atoms. The van der Waals surface area contributed by atoms with Gasteiger partial charge >= 0.3 is 6.61 Å². The van der Waals surface area contributed by atoms with Crippen molar-refractivity contribution in [3.05, 3.63) is 30.1 Å². The monoisotopic (exact) mass is 174 g/mol. The summed E-state index contributed by atoms with van der Waals surface area (Å²) in [5.41, 5.74) is 5.74. The van der Waals surface area contributed by atoms with Gasteiger partial charge in [0.15, 0.2) is 0 Å². The average Bonchev–Trinajstić information content (AvgIpc) is 2.05. The molecule has 0 fully saturated rings. The Morgan fingerprint density at radius 3 is 2.42 bits per heavy atom. The smallest absolute Gasteiger partial charge is 0.302 e. The number of hydrogen-bond donors (Lipinski definition) is 1. The summed E-state index contributed by atoms with van der Waals surface area (Å²) in [5, 5.41) is 0. The van der Waals surface area contributed by atoms with E-state index in [1.807, 2.05) is 0 Å². The first kappa shape index (κ1) is 9.02. The second-order valence-corrected chi connectivity index (χ2v) is 2.10. The zero-order chi connectivity index (χ0) is 8.97. The standard InChI is InChI=1S/C7H8F2N2O/c8-7(9)12-6(10)5-1-3-11-4-2-5/h1-4,6-7H,10H2. The molecule has 0 saturated carbocycles. The van der Waals surface area contributed by atoms with Crippen molar-refractivity contribution in [1.82, 2.24) is 4.98 Å². The summed E-state index contributed by atoms with van der Waals surface area (Å²) in [6, 6.07) is 3.04. The van der Waals surface area contributed by atoms with Crippen molar-refractivity contribution in [2.45, 2.75) is 12.8 Å². The van der Waals surface area contributed by atoms with E-state index in [4.69, 9.17) is 5.73 Å². The Balaban J connectivity index is 2.59. The van der Waals surface area contributed by atoms with Crippen LogP contribution in [0.5, 0.6) is 0 Å². The number of rotatable bonds is 3. The Labute approximate surface area is 68.2 Å². The lowest BCUT2D eigenvalue weighted by atomic mass is 10.2. The molecule has 0 radical (unpaired) electrons. The molecule has 0 saturated heterocycles. The van der Waals surface area contributed by atoms with Gasteiger partial charge in [0.25, 0.3) is 0 Å². The minimum Gasteiger partial charge on any atom is -0.302 e. The average molecular weight is 174 g/mol. The molecule has 12 heavy (non-hydrogen) atoms. The van der Waals surface area contributed by atoms with Crippen molar-refractivity contribution in [1.29, 1.82) is 0 Å². The number of ether oxygens (including phenoxy) is 1.